The largest absolute Gasteiger partial charge is 0.490 e. The number of amides is 2. The molecule has 0 unspecified atom stereocenters. The molecule has 2 aromatic carbocycles. The van der Waals surface area contributed by atoms with Crippen LogP contribution in [0.5, 0.6) is 5.75 Å². The average molecular weight is 797 g/mol. The number of hydrogen-bond donors (Lipinski definition) is 1. The van der Waals surface area contributed by atoms with Crippen LogP contribution in [0.1, 0.15) is 76.6 Å². The lowest BCUT2D eigenvalue weighted by atomic mass is 9.68. The number of allylic oxidation sites excluding steroid dienone is 1. The van der Waals surface area contributed by atoms with E-state index in [9.17, 15) is 13.8 Å². The number of fused-ring (bicyclic) bond motifs is 7. The van der Waals surface area contributed by atoms with E-state index in [2.05, 4.69) is 43.4 Å². The summed E-state index contributed by atoms with van der Waals surface area (Å²) in [5.41, 5.74) is 6.59. The molecule has 3 aliphatic heterocycles. The third kappa shape index (κ3) is 6.87. The highest BCUT2D eigenvalue weighted by Gasteiger charge is 2.44. The minimum atomic E-state index is -3.57. The Bertz CT molecular complexity index is 2380. The Morgan fingerprint density at radius 1 is 1.12 bits per heavy atom. The molecule has 2 aliphatic carbocycles. The number of ether oxygens (including phenoxy) is 2. The van der Waals surface area contributed by atoms with Crippen LogP contribution in [-0.2, 0) is 46.5 Å². The van der Waals surface area contributed by atoms with Gasteiger partial charge in [0.05, 0.1) is 41.1 Å². The Balaban J connectivity index is 1.09. The van der Waals surface area contributed by atoms with Crippen molar-refractivity contribution in [3.63, 3.8) is 0 Å². The van der Waals surface area contributed by atoms with Crippen LogP contribution in [-0.4, -0.2) is 69.0 Å². The van der Waals surface area contributed by atoms with Crippen molar-refractivity contribution in [2.45, 2.75) is 69.9 Å². The van der Waals surface area contributed by atoms with Crippen molar-refractivity contribution < 1.29 is 23.3 Å². The van der Waals surface area contributed by atoms with Gasteiger partial charge in [0.15, 0.2) is 0 Å². The lowest BCUT2D eigenvalue weighted by Gasteiger charge is -2.46. The summed E-state index contributed by atoms with van der Waals surface area (Å²) in [4.78, 5) is 30.5. The Hall–Kier alpha value is -4.39. The first-order valence-electron chi connectivity index (χ1n) is 19.8. The van der Waals surface area contributed by atoms with Gasteiger partial charge >= 0.3 is 0 Å². The van der Waals surface area contributed by atoms with Gasteiger partial charge in [-0.05, 0) is 104 Å². The van der Waals surface area contributed by atoms with E-state index >= 15 is 0 Å². The molecule has 1 spiro atoms. The fourth-order valence-electron chi connectivity index (χ4n) is 9.78. The van der Waals surface area contributed by atoms with Gasteiger partial charge in [-0.3, -0.25) is 19.0 Å². The van der Waals surface area contributed by atoms with E-state index in [4.69, 9.17) is 21.1 Å². The zero-order chi connectivity index (χ0) is 38.8. The first-order chi connectivity index (χ1) is 27.0. The molecule has 9 rings (SSSR count). The third-order valence-corrected chi connectivity index (χ3v) is 14.9. The molecule has 294 valence electrons. The summed E-state index contributed by atoms with van der Waals surface area (Å²) >= 11 is 6.48. The Morgan fingerprint density at radius 2 is 2.00 bits per heavy atom. The van der Waals surface area contributed by atoms with Crippen LogP contribution >= 0.6 is 11.6 Å². The van der Waals surface area contributed by atoms with Gasteiger partial charge in [0, 0.05) is 74.2 Å². The van der Waals surface area contributed by atoms with E-state index in [0.717, 1.165) is 72.7 Å². The molecule has 11 nitrogen and oxygen atoms in total. The van der Waals surface area contributed by atoms with Crippen molar-refractivity contribution in [3.8, 4) is 17.0 Å². The zero-order valence-corrected chi connectivity index (χ0v) is 33.8. The van der Waals surface area contributed by atoms with Gasteiger partial charge < -0.3 is 18.9 Å². The lowest BCUT2D eigenvalue weighted by Crippen LogP contribution is -2.49. The molecular weight excluding hydrogens is 748 g/mol. The second-order valence-electron chi connectivity index (χ2n) is 16.6. The molecule has 1 fully saturated rings. The summed E-state index contributed by atoms with van der Waals surface area (Å²) in [6.45, 7) is 4.65. The Morgan fingerprint density at radius 3 is 2.82 bits per heavy atom. The molecule has 1 N–H and O–H groups in total. The number of nitrogens with one attached hydrogen (secondary N) is 1. The molecule has 56 heavy (non-hydrogen) atoms. The van der Waals surface area contributed by atoms with Gasteiger partial charge in [-0.2, -0.15) is 5.10 Å². The molecule has 0 radical (unpaired) electrons. The van der Waals surface area contributed by atoms with E-state index in [1.807, 2.05) is 42.9 Å². The average Bonchev–Trinajstić information content (AvgIpc) is 3.73. The van der Waals surface area contributed by atoms with Crippen molar-refractivity contribution in [2.24, 2.45) is 29.2 Å². The number of halogens is 1. The maximum absolute atomic E-state index is 14.9. The normalized spacial score (nSPS) is 29.0. The maximum atomic E-state index is 14.9. The van der Waals surface area contributed by atoms with Crippen LogP contribution in [0.3, 0.4) is 0 Å². The summed E-state index contributed by atoms with van der Waals surface area (Å²) < 4.78 is 38.6. The molecule has 2 amide bonds. The monoisotopic (exact) mass is 796 g/mol. The quantitative estimate of drug-likeness (QED) is 0.219. The van der Waals surface area contributed by atoms with Crippen LogP contribution in [0.4, 0.5) is 5.69 Å². The number of carbonyl (C=O) groups excluding carboxylic acids is 2. The molecule has 4 aromatic rings. The number of anilines is 1. The fraction of sp³-hybridized carbons (Fsp3) is 0.465. The van der Waals surface area contributed by atoms with E-state index in [0.29, 0.717) is 54.8 Å². The van der Waals surface area contributed by atoms with Crippen molar-refractivity contribution in [1.82, 2.24) is 19.1 Å². The molecule has 1 saturated carbocycles. The molecule has 5 heterocycles. The molecule has 13 heteroatoms. The van der Waals surface area contributed by atoms with Crippen molar-refractivity contribution >= 4 is 39.0 Å². The number of carbonyl (C=O) groups is 2. The first-order valence-corrected chi connectivity index (χ1v) is 21.9. The van der Waals surface area contributed by atoms with Crippen molar-refractivity contribution in [1.29, 1.82) is 0 Å². The van der Waals surface area contributed by atoms with Crippen molar-refractivity contribution in [2.75, 3.05) is 37.5 Å². The molecule has 5 aliphatic rings. The second-order valence-corrected chi connectivity index (χ2v) is 19.1. The Kier molecular flexibility index (Phi) is 9.65. The SMILES string of the molecule is CO[C@H]1/C=C/C[C@H](C)C[S@@](=O)(NC(=O)c2cc3n(c2)CCc2nn(C)cc2-3)=NC(=O)c2ccc3c(c2)N(C[C@@H]2CC[C@H]21)C[C@@]1(CCCc2cc(Cl)ccc21)CO3. The summed E-state index contributed by atoms with van der Waals surface area (Å²) in [5.74, 6) is 0.101. The van der Waals surface area contributed by atoms with Crippen LogP contribution < -0.4 is 14.4 Å². The van der Waals surface area contributed by atoms with Gasteiger partial charge in [0.25, 0.3) is 11.8 Å². The standard InChI is InChI=1S/C43H49ClN6O5S/c1-27-6-4-8-39(54-3)33-12-9-30(33)21-50-25-43(16-5-7-28-18-32(44)11-13-35(28)43)26-55-40-14-10-29(19-38(40)50)41(51)46-56(53,24-27)47-42(52)31-20-37-34-23-48(2)45-36(34)15-17-49(37)22-31/h4,8,10-11,13-14,18-20,22-23,27,30,33,39H,5-7,9,12,15-17,21,24-26H2,1-3H3,(H,46,47,51,52,53)/b8-4+/t27-,30-,33+,39-,43-,56-/m0/s1. The van der Waals surface area contributed by atoms with Gasteiger partial charge in [-0.15, -0.1) is 4.36 Å². The minimum absolute atomic E-state index is 0.00492. The number of aryl methyl sites for hydroxylation is 4. The summed E-state index contributed by atoms with van der Waals surface area (Å²) in [6.07, 6.45) is 14.4. The number of nitrogens with zero attached hydrogens (tertiary/aromatic N) is 5. The van der Waals surface area contributed by atoms with E-state index < -0.39 is 21.7 Å². The highest BCUT2D eigenvalue weighted by molar-refractivity contribution is 7.92. The van der Waals surface area contributed by atoms with Gasteiger partial charge in [0.1, 0.15) is 15.7 Å². The van der Waals surface area contributed by atoms with Gasteiger partial charge in [-0.25, -0.2) is 4.21 Å². The van der Waals surface area contributed by atoms with Crippen LogP contribution in [0.2, 0.25) is 5.02 Å². The summed E-state index contributed by atoms with van der Waals surface area (Å²) in [7, 11) is 0.0846. The highest BCUT2D eigenvalue weighted by Crippen LogP contribution is 2.47. The lowest BCUT2D eigenvalue weighted by molar-refractivity contribution is 0.0131. The number of hydrogen-bond acceptors (Lipinski definition) is 7. The Labute approximate surface area is 333 Å². The predicted octanol–water partition coefficient (Wildman–Crippen LogP) is 7.16. The summed E-state index contributed by atoms with van der Waals surface area (Å²) in [5, 5.41) is 5.31. The first kappa shape index (κ1) is 37.2. The van der Waals surface area contributed by atoms with Gasteiger partial charge in [0.2, 0.25) is 0 Å². The molecule has 6 atom stereocenters. The minimum Gasteiger partial charge on any atom is -0.490 e. The van der Waals surface area contributed by atoms with Crippen LogP contribution in [0, 0.1) is 17.8 Å². The van der Waals surface area contributed by atoms with E-state index in [1.165, 1.54) is 11.1 Å². The topological polar surface area (TPSA) is 120 Å². The van der Waals surface area contributed by atoms with Crippen molar-refractivity contribution in [3.05, 3.63) is 100.0 Å². The molecule has 2 aromatic heterocycles. The summed E-state index contributed by atoms with van der Waals surface area (Å²) in [6, 6.07) is 13.4. The number of benzene rings is 2. The van der Waals surface area contributed by atoms with Crippen LogP contribution in [0.25, 0.3) is 11.3 Å². The van der Waals surface area contributed by atoms with Crippen LogP contribution in [0.15, 0.2) is 71.4 Å². The predicted molar refractivity (Wildman–Crippen MR) is 218 cm³/mol. The van der Waals surface area contributed by atoms with Gasteiger partial charge in [-0.1, -0.05) is 36.7 Å². The number of aromatic nitrogens is 3. The smallest absolute Gasteiger partial charge is 0.286 e. The number of rotatable bonds is 3. The highest BCUT2D eigenvalue weighted by atomic mass is 35.5. The number of methoxy groups -OCH3 is 1. The molecular formula is C43H49ClN6O5S. The molecule has 0 saturated heterocycles. The third-order valence-electron chi connectivity index (χ3n) is 12.7. The van der Waals surface area contributed by atoms with E-state index in [-0.39, 0.29) is 23.2 Å². The maximum Gasteiger partial charge on any atom is 0.286 e. The van der Waals surface area contributed by atoms with E-state index in [1.54, 1.807) is 30.1 Å². The second kappa shape index (κ2) is 14.5. The fourth-order valence-corrected chi connectivity index (χ4v) is 11.9. The molecule has 2 bridgehead atoms. The zero-order valence-electron chi connectivity index (χ0n) is 32.2.